The maximum absolute atomic E-state index is 12.5. The molecule has 0 saturated heterocycles. The first-order valence-corrected chi connectivity index (χ1v) is 8.04. The fraction of sp³-hybridized carbons (Fsp3) is 0.750. The Morgan fingerprint density at radius 1 is 0.667 bits per heavy atom. The van der Waals surface area contributed by atoms with Crippen molar-refractivity contribution in [3.8, 4) is 0 Å². The largest absolute Gasteiger partial charge is 0.465 e. The SMILES string of the molecule is CCOC(=O)C(C(=O)OCC)C(CC)(C(=O)OCC)C(=O)OCC. The Balaban J connectivity index is 6.21. The van der Waals surface area contributed by atoms with Crippen molar-refractivity contribution >= 4 is 23.9 Å². The van der Waals surface area contributed by atoms with Gasteiger partial charge in [-0.25, -0.2) is 0 Å². The summed E-state index contributed by atoms with van der Waals surface area (Å²) in [6.45, 7) is 7.56. The molecule has 0 spiro atoms. The molecule has 8 nitrogen and oxygen atoms in total. The maximum Gasteiger partial charge on any atom is 0.325 e. The van der Waals surface area contributed by atoms with Gasteiger partial charge in [0.15, 0.2) is 11.3 Å². The lowest BCUT2D eigenvalue weighted by molar-refractivity contribution is -0.191. The smallest absolute Gasteiger partial charge is 0.325 e. The van der Waals surface area contributed by atoms with Gasteiger partial charge in [-0.2, -0.15) is 0 Å². The second-order valence-corrected chi connectivity index (χ2v) is 4.70. The highest BCUT2D eigenvalue weighted by Crippen LogP contribution is 2.37. The van der Waals surface area contributed by atoms with Crippen molar-refractivity contribution in [2.75, 3.05) is 26.4 Å². The van der Waals surface area contributed by atoms with Crippen molar-refractivity contribution in [3.05, 3.63) is 0 Å². The van der Waals surface area contributed by atoms with Crippen LogP contribution in [0.15, 0.2) is 0 Å². The summed E-state index contributed by atoms with van der Waals surface area (Å²) < 4.78 is 19.7. The molecule has 0 aliphatic heterocycles. The van der Waals surface area contributed by atoms with E-state index in [1.807, 2.05) is 0 Å². The van der Waals surface area contributed by atoms with Gasteiger partial charge in [-0.05, 0) is 34.1 Å². The van der Waals surface area contributed by atoms with E-state index < -0.39 is 35.2 Å². The Hall–Kier alpha value is -2.12. The van der Waals surface area contributed by atoms with Gasteiger partial charge in [0.1, 0.15) is 0 Å². The lowest BCUT2D eigenvalue weighted by Gasteiger charge is -2.32. The van der Waals surface area contributed by atoms with Crippen LogP contribution in [0.5, 0.6) is 0 Å². The van der Waals surface area contributed by atoms with E-state index in [4.69, 9.17) is 18.9 Å². The molecule has 0 bridgehead atoms. The lowest BCUT2D eigenvalue weighted by atomic mass is 9.72. The fourth-order valence-electron chi connectivity index (χ4n) is 2.28. The van der Waals surface area contributed by atoms with Crippen LogP contribution < -0.4 is 0 Å². The van der Waals surface area contributed by atoms with Crippen LogP contribution in [0.2, 0.25) is 0 Å². The number of rotatable bonds is 10. The Morgan fingerprint density at radius 3 is 1.25 bits per heavy atom. The summed E-state index contributed by atoms with van der Waals surface area (Å²) in [6.07, 6.45) is -0.188. The normalized spacial score (nSPS) is 10.9. The summed E-state index contributed by atoms with van der Waals surface area (Å²) in [5.41, 5.74) is -2.15. The van der Waals surface area contributed by atoms with Crippen molar-refractivity contribution < 1.29 is 38.1 Å². The number of hydrogen-bond donors (Lipinski definition) is 0. The zero-order valence-corrected chi connectivity index (χ0v) is 14.9. The van der Waals surface area contributed by atoms with Crippen LogP contribution in [0.1, 0.15) is 41.0 Å². The molecule has 0 fully saturated rings. The van der Waals surface area contributed by atoms with Gasteiger partial charge in [0, 0.05) is 0 Å². The maximum atomic E-state index is 12.5. The predicted molar refractivity (Wildman–Crippen MR) is 82.7 cm³/mol. The molecular formula is C16H26O8. The number of ether oxygens (including phenoxy) is 4. The molecule has 0 saturated carbocycles. The molecule has 0 radical (unpaired) electrons. The second-order valence-electron chi connectivity index (χ2n) is 4.70. The highest BCUT2D eigenvalue weighted by molar-refractivity contribution is 6.11. The molecule has 0 atom stereocenters. The minimum Gasteiger partial charge on any atom is -0.465 e. The molecule has 8 heteroatoms. The highest BCUT2D eigenvalue weighted by atomic mass is 16.6. The van der Waals surface area contributed by atoms with E-state index in [1.165, 1.54) is 6.92 Å². The summed E-state index contributed by atoms with van der Waals surface area (Å²) >= 11 is 0. The minimum absolute atomic E-state index is 0.0276. The van der Waals surface area contributed by atoms with Gasteiger partial charge in [0.25, 0.3) is 0 Å². The molecule has 0 aromatic heterocycles. The van der Waals surface area contributed by atoms with Crippen molar-refractivity contribution in [1.29, 1.82) is 0 Å². The quantitative estimate of drug-likeness (QED) is 0.331. The first-order valence-electron chi connectivity index (χ1n) is 8.04. The molecule has 0 heterocycles. The number of hydrogen-bond acceptors (Lipinski definition) is 8. The molecule has 0 aromatic carbocycles. The minimum atomic E-state index is -2.15. The van der Waals surface area contributed by atoms with Crippen molar-refractivity contribution in [3.63, 3.8) is 0 Å². The molecule has 0 aliphatic carbocycles. The standard InChI is InChI=1S/C16H26O8/c1-6-16(14(19)23-9-4,15(20)24-10-5)11(12(17)21-7-2)13(18)22-8-3/h11H,6-10H2,1-5H3. The predicted octanol–water partition coefficient (Wildman–Crippen LogP) is 1.25. The third-order valence-electron chi connectivity index (χ3n) is 3.37. The molecule has 0 N–H and O–H groups in total. The molecule has 0 unspecified atom stereocenters. The van der Waals surface area contributed by atoms with E-state index in [-0.39, 0.29) is 32.8 Å². The van der Waals surface area contributed by atoms with E-state index >= 15 is 0 Å². The van der Waals surface area contributed by atoms with Gasteiger partial charge in [-0.15, -0.1) is 0 Å². The van der Waals surface area contributed by atoms with Crippen LogP contribution in [-0.2, 0) is 38.1 Å². The molecule has 24 heavy (non-hydrogen) atoms. The Bertz CT molecular complexity index is 421. The summed E-state index contributed by atoms with van der Waals surface area (Å²) in [4.78, 5) is 49.8. The lowest BCUT2D eigenvalue weighted by Crippen LogP contribution is -2.54. The van der Waals surface area contributed by atoms with Gasteiger partial charge < -0.3 is 18.9 Å². The number of esters is 4. The van der Waals surface area contributed by atoms with Gasteiger partial charge in [-0.3, -0.25) is 19.2 Å². The average molecular weight is 346 g/mol. The van der Waals surface area contributed by atoms with Gasteiger partial charge >= 0.3 is 23.9 Å². The van der Waals surface area contributed by atoms with Crippen molar-refractivity contribution in [2.24, 2.45) is 11.3 Å². The molecule has 0 aromatic rings. The first kappa shape index (κ1) is 21.9. The van der Waals surface area contributed by atoms with E-state index in [0.717, 1.165) is 0 Å². The molecular weight excluding hydrogens is 320 g/mol. The van der Waals surface area contributed by atoms with Crippen LogP contribution in [0, 0.1) is 11.3 Å². The average Bonchev–Trinajstić information content (AvgIpc) is 2.53. The first-order chi connectivity index (χ1) is 11.4. The zero-order valence-electron chi connectivity index (χ0n) is 14.9. The Labute approximate surface area is 141 Å². The highest BCUT2D eigenvalue weighted by Gasteiger charge is 2.61. The summed E-state index contributed by atoms with van der Waals surface area (Å²) in [5.74, 6) is -5.88. The monoisotopic (exact) mass is 346 g/mol. The number of carbonyl (C=O) groups is 4. The van der Waals surface area contributed by atoms with E-state index in [2.05, 4.69) is 0 Å². The van der Waals surface area contributed by atoms with Gasteiger partial charge in [0.05, 0.1) is 26.4 Å². The number of carbonyl (C=O) groups excluding carboxylic acids is 4. The molecule has 0 rings (SSSR count). The van der Waals surface area contributed by atoms with Gasteiger partial charge in [0.2, 0.25) is 0 Å². The Kier molecular flexibility index (Phi) is 9.68. The zero-order chi connectivity index (χ0) is 18.8. The van der Waals surface area contributed by atoms with Crippen molar-refractivity contribution in [1.82, 2.24) is 0 Å². The topological polar surface area (TPSA) is 105 Å². The van der Waals surface area contributed by atoms with Crippen LogP contribution >= 0.6 is 0 Å². The molecule has 138 valence electrons. The molecule has 0 aliphatic rings. The van der Waals surface area contributed by atoms with Crippen LogP contribution in [-0.4, -0.2) is 50.3 Å². The fourth-order valence-corrected chi connectivity index (χ4v) is 2.28. The summed E-state index contributed by atoms with van der Waals surface area (Å²) in [7, 11) is 0. The van der Waals surface area contributed by atoms with Gasteiger partial charge in [-0.1, -0.05) is 6.92 Å². The third kappa shape index (κ3) is 4.69. The summed E-state index contributed by atoms with van der Waals surface area (Å²) in [5, 5.41) is 0. The van der Waals surface area contributed by atoms with E-state index in [9.17, 15) is 19.2 Å². The second kappa shape index (κ2) is 10.6. The van der Waals surface area contributed by atoms with Crippen molar-refractivity contribution in [2.45, 2.75) is 41.0 Å². The summed E-state index contributed by atoms with van der Waals surface area (Å²) in [6, 6.07) is 0. The molecule has 0 amide bonds. The third-order valence-corrected chi connectivity index (χ3v) is 3.37. The van der Waals surface area contributed by atoms with Crippen LogP contribution in [0.25, 0.3) is 0 Å². The van der Waals surface area contributed by atoms with Crippen LogP contribution in [0.3, 0.4) is 0 Å². The Morgan fingerprint density at radius 2 is 1.00 bits per heavy atom. The van der Waals surface area contributed by atoms with E-state index in [0.29, 0.717) is 0 Å². The van der Waals surface area contributed by atoms with Crippen LogP contribution in [0.4, 0.5) is 0 Å². The van der Waals surface area contributed by atoms with E-state index in [1.54, 1.807) is 27.7 Å².